The molecule has 0 radical (unpaired) electrons. The molecule has 0 saturated carbocycles. The minimum atomic E-state index is -3.44. The molecule has 0 fully saturated rings. The SMILES string of the molecule is Cc1nn(C)cc1CN(C)S(=O)(=O)c1ccc(Br)s1. The molecule has 0 aliphatic rings. The van der Waals surface area contributed by atoms with Crippen LogP contribution in [0.25, 0.3) is 0 Å². The summed E-state index contributed by atoms with van der Waals surface area (Å²) in [6.45, 7) is 2.19. The van der Waals surface area contributed by atoms with Crippen molar-refractivity contribution in [2.75, 3.05) is 7.05 Å². The van der Waals surface area contributed by atoms with Gasteiger partial charge in [0.1, 0.15) is 4.21 Å². The van der Waals surface area contributed by atoms with Crippen LogP contribution in [0.2, 0.25) is 0 Å². The quantitative estimate of drug-likeness (QED) is 0.837. The molecular weight excluding hydrogens is 350 g/mol. The zero-order valence-electron chi connectivity index (χ0n) is 10.8. The van der Waals surface area contributed by atoms with Crippen molar-refractivity contribution in [2.24, 2.45) is 7.05 Å². The van der Waals surface area contributed by atoms with Crippen LogP contribution in [0.4, 0.5) is 0 Å². The Hall–Kier alpha value is -0.700. The minimum absolute atomic E-state index is 0.317. The van der Waals surface area contributed by atoms with Gasteiger partial charge in [0.2, 0.25) is 0 Å². The fourth-order valence-electron chi connectivity index (χ4n) is 1.72. The van der Waals surface area contributed by atoms with Crippen molar-refractivity contribution in [3.05, 3.63) is 33.4 Å². The predicted octanol–water partition coefficient (Wildman–Crippen LogP) is 2.37. The zero-order valence-corrected chi connectivity index (χ0v) is 14.0. The summed E-state index contributed by atoms with van der Waals surface area (Å²) in [5.41, 5.74) is 1.75. The summed E-state index contributed by atoms with van der Waals surface area (Å²) in [6, 6.07) is 3.34. The molecule has 2 heterocycles. The standard InChI is InChI=1S/C11H14BrN3O2S2/c1-8-9(6-14(2)13-8)7-15(3)19(16,17)11-5-4-10(12)18-11/h4-6H,7H2,1-3H3. The Morgan fingerprint density at radius 2 is 2.16 bits per heavy atom. The molecule has 0 aliphatic carbocycles. The third-order valence-electron chi connectivity index (χ3n) is 2.72. The molecule has 0 aromatic carbocycles. The second-order valence-electron chi connectivity index (χ2n) is 4.23. The Kier molecular flexibility index (Phi) is 4.14. The highest BCUT2D eigenvalue weighted by Crippen LogP contribution is 2.28. The van der Waals surface area contributed by atoms with Crippen LogP contribution < -0.4 is 0 Å². The van der Waals surface area contributed by atoms with Gasteiger partial charge in [0.15, 0.2) is 0 Å². The number of aryl methyl sites for hydroxylation is 2. The molecular formula is C11H14BrN3O2S2. The van der Waals surface area contributed by atoms with Crippen molar-refractivity contribution in [1.82, 2.24) is 14.1 Å². The summed E-state index contributed by atoms with van der Waals surface area (Å²) in [5, 5.41) is 4.21. The molecule has 2 aromatic rings. The first-order valence-electron chi connectivity index (χ1n) is 5.51. The van der Waals surface area contributed by atoms with Crippen LogP contribution in [-0.2, 0) is 23.6 Å². The monoisotopic (exact) mass is 363 g/mol. The highest BCUT2D eigenvalue weighted by molar-refractivity contribution is 9.11. The molecule has 0 amide bonds. The van der Waals surface area contributed by atoms with Crippen molar-refractivity contribution in [1.29, 1.82) is 0 Å². The number of halogens is 1. The lowest BCUT2D eigenvalue weighted by Gasteiger charge is -2.15. The van der Waals surface area contributed by atoms with E-state index in [0.29, 0.717) is 10.8 Å². The molecule has 0 aliphatic heterocycles. The van der Waals surface area contributed by atoms with Gasteiger partial charge >= 0.3 is 0 Å². The van der Waals surface area contributed by atoms with E-state index in [9.17, 15) is 8.42 Å². The molecule has 0 spiro atoms. The molecule has 0 bridgehead atoms. The number of aromatic nitrogens is 2. The highest BCUT2D eigenvalue weighted by Gasteiger charge is 2.23. The minimum Gasteiger partial charge on any atom is -0.275 e. The van der Waals surface area contributed by atoms with Crippen LogP contribution in [0.5, 0.6) is 0 Å². The summed E-state index contributed by atoms with van der Waals surface area (Å²) in [7, 11) is -0.0394. The first-order chi connectivity index (χ1) is 8.80. The van der Waals surface area contributed by atoms with Crippen LogP contribution in [0.1, 0.15) is 11.3 Å². The molecule has 0 atom stereocenters. The highest BCUT2D eigenvalue weighted by atomic mass is 79.9. The van der Waals surface area contributed by atoms with Gasteiger partial charge in [-0.15, -0.1) is 11.3 Å². The van der Waals surface area contributed by atoms with Gasteiger partial charge in [-0.25, -0.2) is 8.42 Å². The maximum absolute atomic E-state index is 12.4. The fraction of sp³-hybridized carbons (Fsp3) is 0.364. The molecule has 104 valence electrons. The van der Waals surface area contributed by atoms with Crippen LogP contribution >= 0.6 is 27.3 Å². The predicted molar refractivity (Wildman–Crippen MR) is 78.6 cm³/mol. The van der Waals surface area contributed by atoms with Crippen molar-refractivity contribution >= 4 is 37.3 Å². The number of hydrogen-bond acceptors (Lipinski definition) is 4. The molecule has 19 heavy (non-hydrogen) atoms. The Morgan fingerprint density at radius 1 is 1.47 bits per heavy atom. The van der Waals surface area contributed by atoms with Crippen LogP contribution in [-0.4, -0.2) is 29.6 Å². The van der Waals surface area contributed by atoms with Gasteiger partial charge in [0.25, 0.3) is 10.0 Å². The molecule has 8 heteroatoms. The van der Waals surface area contributed by atoms with Gasteiger partial charge in [-0.1, -0.05) is 0 Å². The van der Waals surface area contributed by atoms with E-state index in [2.05, 4.69) is 21.0 Å². The first-order valence-corrected chi connectivity index (χ1v) is 8.56. The zero-order chi connectivity index (χ0) is 14.2. The number of sulfonamides is 1. The van der Waals surface area contributed by atoms with E-state index in [-0.39, 0.29) is 0 Å². The van der Waals surface area contributed by atoms with Crippen molar-refractivity contribution in [2.45, 2.75) is 17.7 Å². The van der Waals surface area contributed by atoms with Gasteiger partial charge in [0, 0.05) is 32.4 Å². The summed E-state index contributed by atoms with van der Waals surface area (Å²) in [4.78, 5) is 0. The molecule has 0 saturated heterocycles. The normalized spacial score (nSPS) is 12.3. The smallest absolute Gasteiger partial charge is 0.252 e. The third kappa shape index (κ3) is 3.07. The average Bonchev–Trinajstić information content (AvgIpc) is 2.86. The van der Waals surface area contributed by atoms with Crippen molar-refractivity contribution in [3.63, 3.8) is 0 Å². The maximum atomic E-state index is 12.4. The van der Waals surface area contributed by atoms with E-state index in [1.54, 1.807) is 23.9 Å². The van der Waals surface area contributed by atoms with Gasteiger partial charge in [-0.05, 0) is 35.0 Å². The van der Waals surface area contributed by atoms with Gasteiger partial charge in [-0.3, -0.25) is 4.68 Å². The molecule has 2 aromatic heterocycles. The van der Waals surface area contributed by atoms with E-state index in [1.807, 2.05) is 20.2 Å². The lowest BCUT2D eigenvalue weighted by molar-refractivity contribution is 0.467. The summed E-state index contributed by atoms with van der Waals surface area (Å²) in [6.07, 6.45) is 1.84. The Morgan fingerprint density at radius 3 is 2.63 bits per heavy atom. The van der Waals surface area contributed by atoms with E-state index < -0.39 is 10.0 Å². The van der Waals surface area contributed by atoms with Gasteiger partial charge in [0.05, 0.1) is 9.48 Å². The number of nitrogens with zero attached hydrogens (tertiary/aromatic N) is 3. The number of hydrogen-bond donors (Lipinski definition) is 0. The van der Waals surface area contributed by atoms with Gasteiger partial charge < -0.3 is 0 Å². The second kappa shape index (κ2) is 5.35. The topological polar surface area (TPSA) is 55.2 Å². The Labute approximate surface area is 125 Å². The molecule has 0 N–H and O–H groups in total. The van der Waals surface area contributed by atoms with Gasteiger partial charge in [-0.2, -0.15) is 9.40 Å². The number of thiophene rings is 1. The maximum Gasteiger partial charge on any atom is 0.252 e. The molecule has 0 unspecified atom stereocenters. The molecule has 5 nitrogen and oxygen atoms in total. The van der Waals surface area contributed by atoms with E-state index in [0.717, 1.165) is 15.0 Å². The van der Waals surface area contributed by atoms with Crippen LogP contribution in [0, 0.1) is 6.92 Å². The summed E-state index contributed by atoms with van der Waals surface area (Å²) >= 11 is 4.49. The number of rotatable bonds is 4. The molecule has 2 rings (SSSR count). The summed E-state index contributed by atoms with van der Waals surface area (Å²) in [5.74, 6) is 0. The van der Waals surface area contributed by atoms with E-state index in [1.165, 1.54) is 15.6 Å². The van der Waals surface area contributed by atoms with Crippen molar-refractivity contribution in [3.8, 4) is 0 Å². The summed E-state index contributed by atoms with van der Waals surface area (Å²) < 4.78 is 28.9. The van der Waals surface area contributed by atoms with Crippen LogP contribution in [0.3, 0.4) is 0 Å². The van der Waals surface area contributed by atoms with E-state index >= 15 is 0 Å². The van der Waals surface area contributed by atoms with Crippen LogP contribution in [0.15, 0.2) is 26.3 Å². The van der Waals surface area contributed by atoms with Crippen molar-refractivity contribution < 1.29 is 8.42 Å². The fourth-order valence-corrected chi connectivity index (χ4v) is 5.09. The second-order valence-corrected chi connectivity index (χ2v) is 8.97. The first kappa shape index (κ1) is 14.7. The largest absolute Gasteiger partial charge is 0.275 e. The Bertz CT molecular complexity index is 691. The lowest BCUT2D eigenvalue weighted by atomic mass is 10.3. The lowest BCUT2D eigenvalue weighted by Crippen LogP contribution is -2.25. The van der Waals surface area contributed by atoms with E-state index in [4.69, 9.17) is 0 Å². The average molecular weight is 364 g/mol. The Balaban J connectivity index is 2.24. The third-order valence-corrected chi connectivity index (χ3v) is 6.62.